The minimum atomic E-state index is -0.605. The molecule has 0 aliphatic heterocycles. The Morgan fingerprint density at radius 3 is 2.68 bits per heavy atom. The summed E-state index contributed by atoms with van der Waals surface area (Å²) in [5.74, 6) is -1.07. The smallest absolute Gasteiger partial charge is 0.319 e. The number of ether oxygens (including phenoxy) is 1. The first-order chi connectivity index (χ1) is 12.0. The summed E-state index contributed by atoms with van der Waals surface area (Å²) >= 11 is 0. The highest BCUT2D eigenvalue weighted by molar-refractivity contribution is 5.89. The van der Waals surface area contributed by atoms with Crippen molar-refractivity contribution < 1.29 is 23.1 Å². The summed E-state index contributed by atoms with van der Waals surface area (Å²) in [6.07, 6.45) is 0. The van der Waals surface area contributed by atoms with Crippen LogP contribution in [0.1, 0.15) is 5.56 Å². The van der Waals surface area contributed by atoms with Gasteiger partial charge in [0.1, 0.15) is 17.4 Å². The van der Waals surface area contributed by atoms with Crippen LogP contribution in [0.15, 0.2) is 42.5 Å². The first-order valence-electron chi connectivity index (χ1n) is 7.40. The van der Waals surface area contributed by atoms with Crippen molar-refractivity contribution >= 4 is 17.6 Å². The highest BCUT2D eigenvalue weighted by atomic mass is 19.1. The van der Waals surface area contributed by atoms with Crippen molar-refractivity contribution in [2.75, 3.05) is 19.0 Å². The van der Waals surface area contributed by atoms with Gasteiger partial charge >= 0.3 is 6.03 Å². The fraction of sp³-hybridized carbons (Fsp3) is 0.176. The van der Waals surface area contributed by atoms with Gasteiger partial charge in [-0.3, -0.25) is 4.79 Å². The van der Waals surface area contributed by atoms with Gasteiger partial charge in [0.15, 0.2) is 6.61 Å². The van der Waals surface area contributed by atoms with Crippen LogP contribution in [0.25, 0.3) is 0 Å². The molecule has 0 bridgehead atoms. The van der Waals surface area contributed by atoms with Crippen molar-refractivity contribution in [2.24, 2.45) is 0 Å². The van der Waals surface area contributed by atoms with E-state index in [2.05, 4.69) is 16.0 Å². The Labute approximate surface area is 143 Å². The second-order valence-corrected chi connectivity index (χ2v) is 5.03. The lowest BCUT2D eigenvalue weighted by Gasteiger charge is -2.10. The standard InChI is InChI=1S/C17H17F2N3O3/c1-20-16(23)10-25-14-4-2-3-13(8-14)22-17(24)21-9-11-7-12(18)5-6-15(11)19/h2-8H,9-10H2,1H3,(H,20,23)(H2,21,22,24). The Bertz CT molecular complexity index is 769. The Kier molecular flexibility index (Phi) is 6.27. The maximum absolute atomic E-state index is 13.5. The molecule has 132 valence electrons. The zero-order valence-electron chi connectivity index (χ0n) is 13.4. The highest BCUT2D eigenvalue weighted by Gasteiger charge is 2.07. The average Bonchev–Trinajstić information content (AvgIpc) is 2.60. The fourth-order valence-electron chi connectivity index (χ4n) is 1.91. The largest absolute Gasteiger partial charge is 0.484 e. The van der Waals surface area contributed by atoms with E-state index in [-0.39, 0.29) is 24.6 Å². The van der Waals surface area contributed by atoms with Crippen molar-refractivity contribution in [3.05, 3.63) is 59.7 Å². The molecule has 25 heavy (non-hydrogen) atoms. The van der Waals surface area contributed by atoms with Crippen LogP contribution in [0.3, 0.4) is 0 Å². The van der Waals surface area contributed by atoms with E-state index in [1.54, 1.807) is 18.2 Å². The number of hydrogen-bond donors (Lipinski definition) is 3. The molecule has 0 aliphatic carbocycles. The van der Waals surface area contributed by atoms with Crippen molar-refractivity contribution in [2.45, 2.75) is 6.54 Å². The van der Waals surface area contributed by atoms with Crippen LogP contribution >= 0.6 is 0 Å². The Morgan fingerprint density at radius 2 is 1.92 bits per heavy atom. The zero-order valence-corrected chi connectivity index (χ0v) is 13.4. The second kappa shape index (κ2) is 8.62. The summed E-state index contributed by atoms with van der Waals surface area (Å²) in [6, 6.07) is 8.85. The summed E-state index contributed by atoms with van der Waals surface area (Å²) in [6.45, 7) is -0.312. The molecule has 0 spiro atoms. The maximum atomic E-state index is 13.5. The predicted octanol–water partition coefficient (Wildman–Crippen LogP) is 2.41. The third-order valence-electron chi connectivity index (χ3n) is 3.19. The molecule has 0 heterocycles. The van der Waals surface area contributed by atoms with Crippen molar-refractivity contribution in [3.8, 4) is 5.75 Å². The van der Waals surface area contributed by atoms with Gasteiger partial charge in [-0.05, 0) is 30.3 Å². The van der Waals surface area contributed by atoms with Crippen LogP contribution in [-0.4, -0.2) is 25.6 Å². The van der Waals surface area contributed by atoms with E-state index >= 15 is 0 Å². The number of carbonyl (C=O) groups excluding carboxylic acids is 2. The van der Waals surface area contributed by atoms with Gasteiger partial charge in [-0.1, -0.05) is 6.07 Å². The van der Waals surface area contributed by atoms with Gasteiger partial charge in [-0.25, -0.2) is 13.6 Å². The Hall–Kier alpha value is -3.16. The Balaban J connectivity index is 1.89. The molecule has 6 nitrogen and oxygen atoms in total. The van der Waals surface area contributed by atoms with E-state index in [9.17, 15) is 18.4 Å². The van der Waals surface area contributed by atoms with Gasteiger partial charge in [0, 0.05) is 30.9 Å². The molecular formula is C17H17F2N3O3. The number of benzene rings is 2. The summed E-state index contributed by atoms with van der Waals surface area (Å²) in [5.41, 5.74) is 0.462. The number of anilines is 1. The molecule has 0 saturated carbocycles. The molecule has 8 heteroatoms. The van der Waals surface area contributed by atoms with Crippen LogP contribution < -0.4 is 20.7 Å². The minimum Gasteiger partial charge on any atom is -0.484 e. The first kappa shape index (κ1) is 18.2. The van der Waals surface area contributed by atoms with Crippen LogP contribution in [0, 0.1) is 11.6 Å². The van der Waals surface area contributed by atoms with E-state index < -0.39 is 17.7 Å². The normalized spacial score (nSPS) is 10.0. The quantitative estimate of drug-likeness (QED) is 0.749. The van der Waals surface area contributed by atoms with Gasteiger partial charge in [0.05, 0.1) is 0 Å². The van der Waals surface area contributed by atoms with Crippen LogP contribution in [0.4, 0.5) is 19.3 Å². The van der Waals surface area contributed by atoms with Crippen molar-refractivity contribution in [1.29, 1.82) is 0 Å². The monoisotopic (exact) mass is 349 g/mol. The van der Waals surface area contributed by atoms with Gasteiger partial charge in [0.2, 0.25) is 0 Å². The number of halogens is 2. The summed E-state index contributed by atoms with van der Waals surface area (Å²) in [4.78, 5) is 23.0. The number of rotatable bonds is 6. The lowest BCUT2D eigenvalue weighted by atomic mass is 10.2. The van der Waals surface area contributed by atoms with Gasteiger partial charge < -0.3 is 20.7 Å². The SMILES string of the molecule is CNC(=O)COc1cccc(NC(=O)NCc2cc(F)ccc2F)c1. The Morgan fingerprint density at radius 1 is 1.12 bits per heavy atom. The molecular weight excluding hydrogens is 332 g/mol. The maximum Gasteiger partial charge on any atom is 0.319 e. The fourth-order valence-corrected chi connectivity index (χ4v) is 1.91. The predicted molar refractivity (Wildman–Crippen MR) is 88.2 cm³/mol. The highest BCUT2D eigenvalue weighted by Crippen LogP contribution is 2.17. The number of urea groups is 1. The molecule has 0 saturated heterocycles. The molecule has 0 radical (unpaired) electrons. The lowest BCUT2D eigenvalue weighted by Crippen LogP contribution is -2.28. The zero-order chi connectivity index (χ0) is 18.2. The first-order valence-corrected chi connectivity index (χ1v) is 7.40. The molecule has 2 rings (SSSR count). The summed E-state index contributed by atoms with van der Waals surface area (Å²) in [5, 5.41) is 7.40. The molecule has 0 fully saturated rings. The number of likely N-dealkylation sites (N-methyl/N-ethyl adjacent to an activating group) is 1. The van der Waals surface area contributed by atoms with E-state index in [1.165, 1.54) is 13.1 Å². The van der Waals surface area contributed by atoms with Crippen molar-refractivity contribution in [1.82, 2.24) is 10.6 Å². The third-order valence-corrected chi connectivity index (χ3v) is 3.19. The second-order valence-electron chi connectivity index (χ2n) is 5.03. The topological polar surface area (TPSA) is 79.5 Å². The van der Waals surface area contributed by atoms with Gasteiger partial charge in [-0.15, -0.1) is 0 Å². The van der Waals surface area contributed by atoms with Crippen LogP contribution in [0.2, 0.25) is 0 Å². The average molecular weight is 349 g/mol. The summed E-state index contributed by atoms with van der Waals surface area (Å²) < 4.78 is 31.8. The third kappa shape index (κ3) is 5.76. The van der Waals surface area contributed by atoms with E-state index in [0.29, 0.717) is 11.4 Å². The van der Waals surface area contributed by atoms with Gasteiger partial charge in [0.25, 0.3) is 5.91 Å². The van der Waals surface area contributed by atoms with E-state index in [0.717, 1.165) is 18.2 Å². The molecule has 0 aromatic heterocycles. The number of amides is 3. The number of hydrogen-bond acceptors (Lipinski definition) is 3. The molecule has 3 amide bonds. The number of nitrogens with one attached hydrogen (secondary N) is 3. The molecule has 2 aromatic carbocycles. The minimum absolute atomic E-state index is 0.0396. The van der Waals surface area contributed by atoms with Crippen LogP contribution in [-0.2, 0) is 11.3 Å². The molecule has 0 unspecified atom stereocenters. The van der Waals surface area contributed by atoms with Crippen molar-refractivity contribution in [3.63, 3.8) is 0 Å². The molecule has 0 atom stereocenters. The summed E-state index contributed by atoms with van der Waals surface area (Å²) in [7, 11) is 1.50. The number of carbonyl (C=O) groups is 2. The van der Waals surface area contributed by atoms with Gasteiger partial charge in [-0.2, -0.15) is 0 Å². The molecule has 2 aromatic rings. The van der Waals surface area contributed by atoms with E-state index in [4.69, 9.17) is 4.74 Å². The van der Waals surface area contributed by atoms with E-state index in [1.807, 2.05) is 0 Å². The lowest BCUT2D eigenvalue weighted by molar-refractivity contribution is -0.122. The molecule has 0 aliphatic rings. The van der Waals surface area contributed by atoms with Crippen LogP contribution in [0.5, 0.6) is 5.75 Å². The molecule has 3 N–H and O–H groups in total.